The van der Waals surface area contributed by atoms with Crippen LogP contribution in [0.5, 0.6) is 11.5 Å². The average Bonchev–Trinajstić information content (AvgIpc) is 2.82. The molecule has 3 rings (SSSR count). The lowest BCUT2D eigenvalue weighted by Gasteiger charge is -2.21. The van der Waals surface area contributed by atoms with Crippen LogP contribution in [0.4, 0.5) is 11.4 Å². The van der Waals surface area contributed by atoms with Crippen molar-refractivity contribution >= 4 is 17.3 Å². The third kappa shape index (κ3) is 1.90. The van der Waals surface area contributed by atoms with Crippen molar-refractivity contribution in [3.05, 3.63) is 48.0 Å². The van der Waals surface area contributed by atoms with Crippen molar-refractivity contribution in [2.75, 3.05) is 19.1 Å². The van der Waals surface area contributed by atoms with Crippen LogP contribution in [0.1, 0.15) is 5.56 Å². The standard InChI is InChI=1S/C16H15NO3/c1-19-12-7-8-15(20-2)14(10-12)17-13-6-4-3-5-11(13)9-16(17)18/h3-8,10H,9H2,1-2H3. The molecule has 0 unspecified atom stereocenters. The zero-order valence-corrected chi connectivity index (χ0v) is 11.4. The van der Waals surface area contributed by atoms with E-state index in [9.17, 15) is 4.79 Å². The Bertz CT molecular complexity index is 667. The molecule has 0 N–H and O–H groups in total. The number of rotatable bonds is 3. The maximum absolute atomic E-state index is 12.3. The van der Waals surface area contributed by atoms with E-state index in [-0.39, 0.29) is 5.91 Å². The number of amides is 1. The number of hydrogen-bond acceptors (Lipinski definition) is 3. The number of benzene rings is 2. The van der Waals surface area contributed by atoms with Gasteiger partial charge in [0.1, 0.15) is 11.5 Å². The van der Waals surface area contributed by atoms with Crippen LogP contribution in [0.25, 0.3) is 0 Å². The van der Waals surface area contributed by atoms with Crippen LogP contribution < -0.4 is 14.4 Å². The Balaban J connectivity index is 2.15. The summed E-state index contributed by atoms with van der Waals surface area (Å²) in [5, 5.41) is 0. The smallest absolute Gasteiger partial charge is 0.236 e. The summed E-state index contributed by atoms with van der Waals surface area (Å²) in [5.41, 5.74) is 2.65. The molecule has 1 aliphatic rings. The van der Waals surface area contributed by atoms with Crippen molar-refractivity contribution in [3.8, 4) is 11.5 Å². The Kier molecular flexibility index (Phi) is 3.06. The van der Waals surface area contributed by atoms with Crippen molar-refractivity contribution in [2.24, 2.45) is 0 Å². The number of carbonyl (C=O) groups is 1. The van der Waals surface area contributed by atoms with Crippen LogP contribution in [0.3, 0.4) is 0 Å². The molecule has 0 saturated carbocycles. The highest BCUT2D eigenvalue weighted by atomic mass is 16.5. The highest BCUT2D eigenvalue weighted by Gasteiger charge is 2.30. The molecular formula is C16H15NO3. The first-order chi connectivity index (χ1) is 9.74. The molecule has 1 heterocycles. The predicted octanol–water partition coefficient (Wildman–Crippen LogP) is 2.92. The Morgan fingerprint density at radius 3 is 2.55 bits per heavy atom. The summed E-state index contributed by atoms with van der Waals surface area (Å²) >= 11 is 0. The number of carbonyl (C=O) groups excluding carboxylic acids is 1. The lowest BCUT2D eigenvalue weighted by atomic mass is 10.2. The van der Waals surface area contributed by atoms with Gasteiger partial charge in [0.15, 0.2) is 0 Å². The monoisotopic (exact) mass is 269 g/mol. The van der Waals surface area contributed by atoms with E-state index in [0.717, 1.165) is 11.3 Å². The molecule has 1 aliphatic heterocycles. The Morgan fingerprint density at radius 1 is 1.00 bits per heavy atom. The van der Waals surface area contributed by atoms with Gasteiger partial charge in [0, 0.05) is 6.07 Å². The van der Waals surface area contributed by atoms with E-state index < -0.39 is 0 Å². The minimum absolute atomic E-state index is 0.0396. The van der Waals surface area contributed by atoms with E-state index in [0.29, 0.717) is 23.6 Å². The van der Waals surface area contributed by atoms with Gasteiger partial charge in [-0.15, -0.1) is 0 Å². The maximum atomic E-state index is 12.3. The van der Waals surface area contributed by atoms with Crippen molar-refractivity contribution in [1.29, 1.82) is 0 Å². The second-order valence-electron chi connectivity index (χ2n) is 4.57. The topological polar surface area (TPSA) is 38.8 Å². The van der Waals surface area contributed by atoms with Crippen LogP contribution >= 0.6 is 0 Å². The van der Waals surface area contributed by atoms with Gasteiger partial charge in [-0.1, -0.05) is 18.2 Å². The molecule has 0 aliphatic carbocycles. The predicted molar refractivity (Wildman–Crippen MR) is 76.8 cm³/mol. The van der Waals surface area contributed by atoms with Crippen molar-refractivity contribution in [2.45, 2.75) is 6.42 Å². The van der Waals surface area contributed by atoms with E-state index in [1.165, 1.54) is 0 Å². The van der Waals surface area contributed by atoms with E-state index in [2.05, 4.69) is 0 Å². The number of ether oxygens (including phenoxy) is 2. The molecule has 0 atom stereocenters. The lowest BCUT2D eigenvalue weighted by Crippen LogP contribution is -2.21. The zero-order valence-electron chi connectivity index (χ0n) is 11.4. The summed E-state index contributed by atoms with van der Waals surface area (Å²) in [5.74, 6) is 1.38. The van der Waals surface area contributed by atoms with Crippen LogP contribution in [-0.4, -0.2) is 20.1 Å². The molecule has 102 valence electrons. The number of methoxy groups -OCH3 is 2. The number of nitrogens with zero attached hydrogens (tertiary/aromatic N) is 1. The minimum Gasteiger partial charge on any atom is -0.497 e. The first kappa shape index (κ1) is 12.5. The van der Waals surface area contributed by atoms with Gasteiger partial charge in [0.2, 0.25) is 5.91 Å². The minimum atomic E-state index is 0.0396. The number of hydrogen-bond donors (Lipinski definition) is 0. The summed E-state index contributed by atoms with van der Waals surface area (Å²) in [6.45, 7) is 0. The quantitative estimate of drug-likeness (QED) is 0.860. The lowest BCUT2D eigenvalue weighted by molar-refractivity contribution is -0.116. The van der Waals surface area contributed by atoms with Gasteiger partial charge in [0.05, 0.1) is 32.0 Å². The van der Waals surface area contributed by atoms with Crippen LogP contribution in [0, 0.1) is 0 Å². The van der Waals surface area contributed by atoms with Crippen LogP contribution in [0.2, 0.25) is 0 Å². The molecule has 20 heavy (non-hydrogen) atoms. The molecule has 0 fully saturated rings. The largest absolute Gasteiger partial charge is 0.497 e. The fraction of sp³-hybridized carbons (Fsp3) is 0.188. The van der Waals surface area contributed by atoms with E-state index in [1.807, 2.05) is 42.5 Å². The molecule has 2 aromatic carbocycles. The normalized spacial score (nSPS) is 13.3. The van der Waals surface area contributed by atoms with Crippen molar-refractivity contribution < 1.29 is 14.3 Å². The molecule has 4 nitrogen and oxygen atoms in total. The zero-order chi connectivity index (χ0) is 14.1. The summed E-state index contributed by atoms with van der Waals surface area (Å²) in [6.07, 6.45) is 0.413. The van der Waals surface area contributed by atoms with Gasteiger partial charge < -0.3 is 9.47 Å². The molecule has 4 heteroatoms. The number of para-hydroxylation sites is 1. The number of anilines is 2. The summed E-state index contributed by atoms with van der Waals surface area (Å²) in [7, 11) is 3.20. The van der Waals surface area contributed by atoms with E-state index in [1.54, 1.807) is 19.1 Å². The van der Waals surface area contributed by atoms with E-state index >= 15 is 0 Å². The SMILES string of the molecule is COc1ccc(OC)c(N2C(=O)Cc3ccccc32)c1. The molecule has 2 aromatic rings. The Hall–Kier alpha value is -2.49. The average molecular weight is 269 g/mol. The fourth-order valence-corrected chi connectivity index (χ4v) is 2.49. The molecule has 0 radical (unpaired) electrons. The van der Waals surface area contributed by atoms with Crippen LogP contribution in [0.15, 0.2) is 42.5 Å². The second-order valence-corrected chi connectivity index (χ2v) is 4.57. The third-order valence-electron chi connectivity index (χ3n) is 3.45. The Morgan fingerprint density at radius 2 is 1.80 bits per heavy atom. The molecule has 0 saturated heterocycles. The van der Waals surface area contributed by atoms with Crippen LogP contribution in [-0.2, 0) is 11.2 Å². The number of fused-ring (bicyclic) bond motifs is 1. The summed E-state index contributed by atoms with van der Waals surface area (Å²) in [6, 6.07) is 13.2. The van der Waals surface area contributed by atoms with Gasteiger partial charge in [-0.3, -0.25) is 9.69 Å². The van der Waals surface area contributed by atoms with Gasteiger partial charge in [-0.05, 0) is 23.8 Å². The molecular weight excluding hydrogens is 254 g/mol. The fourth-order valence-electron chi connectivity index (χ4n) is 2.49. The first-order valence-electron chi connectivity index (χ1n) is 6.37. The molecule has 0 spiro atoms. The highest BCUT2D eigenvalue weighted by Crippen LogP contribution is 2.41. The third-order valence-corrected chi connectivity index (χ3v) is 3.45. The van der Waals surface area contributed by atoms with Crippen molar-refractivity contribution in [1.82, 2.24) is 0 Å². The second kappa shape index (κ2) is 4.89. The first-order valence-corrected chi connectivity index (χ1v) is 6.37. The van der Waals surface area contributed by atoms with Gasteiger partial charge >= 0.3 is 0 Å². The molecule has 0 aromatic heterocycles. The van der Waals surface area contributed by atoms with Crippen molar-refractivity contribution in [3.63, 3.8) is 0 Å². The summed E-state index contributed by atoms with van der Waals surface area (Å²) < 4.78 is 10.6. The molecule has 0 bridgehead atoms. The highest BCUT2D eigenvalue weighted by molar-refractivity contribution is 6.08. The van der Waals surface area contributed by atoms with Gasteiger partial charge in [-0.25, -0.2) is 0 Å². The van der Waals surface area contributed by atoms with Gasteiger partial charge in [0.25, 0.3) is 0 Å². The van der Waals surface area contributed by atoms with Gasteiger partial charge in [-0.2, -0.15) is 0 Å². The van der Waals surface area contributed by atoms with E-state index in [4.69, 9.17) is 9.47 Å². The Labute approximate surface area is 117 Å². The summed E-state index contributed by atoms with van der Waals surface area (Å²) in [4.78, 5) is 14.0. The maximum Gasteiger partial charge on any atom is 0.236 e. The molecule has 1 amide bonds.